The lowest BCUT2D eigenvalue weighted by atomic mass is 9.90. The number of carbonyl (C=O) groups is 3. The van der Waals surface area contributed by atoms with Crippen LogP contribution in [0.15, 0.2) is 18.2 Å². The maximum Gasteiger partial charge on any atom is 0.337 e. The smallest absolute Gasteiger partial charge is 0.337 e. The van der Waals surface area contributed by atoms with Gasteiger partial charge in [0.25, 0.3) is 0 Å². The second kappa shape index (κ2) is 12.5. The molecule has 0 amide bonds. The molecule has 6 heteroatoms. The van der Waals surface area contributed by atoms with Gasteiger partial charge in [-0.15, -0.1) is 0 Å². The van der Waals surface area contributed by atoms with E-state index < -0.39 is 11.9 Å². The zero-order valence-electron chi connectivity index (χ0n) is 16.4. The summed E-state index contributed by atoms with van der Waals surface area (Å²) in [5.41, 5.74) is 0.382. The number of methoxy groups -OCH3 is 1. The Hall–Kier alpha value is -1.88. The Kier molecular flexibility index (Phi) is 10.7. The van der Waals surface area contributed by atoms with Crippen molar-refractivity contribution >= 4 is 29.1 Å². The third kappa shape index (κ3) is 7.71. The minimum absolute atomic E-state index is 0.0511. The minimum atomic E-state index is -0.440. The van der Waals surface area contributed by atoms with Crippen molar-refractivity contribution in [3.63, 3.8) is 0 Å². The van der Waals surface area contributed by atoms with Crippen molar-refractivity contribution in [1.29, 1.82) is 0 Å². The first-order valence-corrected chi connectivity index (χ1v) is 9.88. The van der Waals surface area contributed by atoms with Gasteiger partial charge in [0, 0.05) is 12.8 Å². The minimum Gasteiger partial charge on any atom is -0.492 e. The van der Waals surface area contributed by atoms with E-state index in [1.807, 2.05) is 0 Å². The number of Topliss-reactive ketones (excluding diaryl/α,β-unsaturated/α-hetero) is 2. The van der Waals surface area contributed by atoms with Crippen molar-refractivity contribution in [2.45, 2.75) is 58.8 Å². The molecule has 0 fully saturated rings. The van der Waals surface area contributed by atoms with Gasteiger partial charge in [-0.1, -0.05) is 44.7 Å². The summed E-state index contributed by atoms with van der Waals surface area (Å²) in [5, 5.41) is 0.372. The fourth-order valence-corrected chi connectivity index (χ4v) is 3.08. The van der Waals surface area contributed by atoms with Crippen molar-refractivity contribution in [1.82, 2.24) is 0 Å². The number of ketones is 2. The molecule has 0 aliphatic carbocycles. The summed E-state index contributed by atoms with van der Waals surface area (Å²) in [6, 6.07) is 4.80. The van der Waals surface area contributed by atoms with Crippen molar-refractivity contribution < 1.29 is 23.9 Å². The predicted octanol–water partition coefficient (Wildman–Crippen LogP) is 5.03. The van der Waals surface area contributed by atoms with Crippen LogP contribution in [0.3, 0.4) is 0 Å². The molecular weight excluding hydrogens is 368 g/mol. The number of hydrogen-bond acceptors (Lipinski definition) is 5. The van der Waals surface area contributed by atoms with Crippen LogP contribution in [0.25, 0.3) is 0 Å². The molecule has 0 N–H and O–H groups in total. The van der Waals surface area contributed by atoms with E-state index in [0.29, 0.717) is 42.2 Å². The molecule has 0 saturated carbocycles. The second-order valence-electron chi connectivity index (χ2n) is 6.38. The van der Waals surface area contributed by atoms with Gasteiger partial charge in [-0.05, 0) is 31.0 Å². The number of ether oxygens (including phenoxy) is 2. The summed E-state index contributed by atoms with van der Waals surface area (Å²) < 4.78 is 10.3. The fourth-order valence-electron chi connectivity index (χ4n) is 2.84. The van der Waals surface area contributed by atoms with E-state index in [-0.39, 0.29) is 11.6 Å². The van der Waals surface area contributed by atoms with E-state index in [2.05, 4.69) is 4.74 Å². The van der Waals surface area contributed by atoms with Crippen LogP contribution in [0.1, 0.15) is 69.2 Å². The maximum absolute atomic E-state index is 11.9. The monoisotopic (exact) mass is 396 g/mol. The Morgan fingerprint density at radius 1 is 1.00 bits per heavy atom. The van der Waals surface area contributed by atoms with Crippen LogP contribution in [-0.2, 0) is 14.3 Å². The fraction of sp³-hybridized carbons (Fsp3) is 0.571. The van der Waals surface area contributed by atoms with Gasteiger partial charge in [0.05, 0.1) is 30.2 Å². The predicted molar refractivity (Wildman–Crippen MR) is 105 cm³/mol. The number of carbonyl (C=O) groups excluding carboxylic acids is 3. The molecule has 0 saturated heterocycles. The van der Waals surface area contributed by atoms with E-state index in [1.165, 1.54) is 13.2 Å². The average molecular weight is 397 g/mol. The summed E-state index contributed by atoms with van der Waals surface area (Å²) in [5.74, 6) is -0.231. The molecule has 0 atom stereocenters. The molecule has 0 aliphatic rings. The number of esters is 1. The summed E-state index contributed by atoms with van der Waals surface area (Å²) >= 11 is 6.12. The standard InChI is InChI=1S/C21H29ClO5/c1-4-18(23)16(19(24)5-2)10-8-6-7-9-13-27-20-12-11-15(14-17(20)22)21(25)26-3/h11-12,14,16H,4-10,13H2,1-3H3. The van der Waals surface area contributed by atoms with E-state index in [9.17, 15) is 14.4 Å². The highest BCUT2D eigenvalue weighted by molar-refractivity contribution is 6.32. The van der Waals surface area contributed by atoms with Crippen LogP contribution >= 0.6 is 11.6 Å². The van der Waals surface area contributed by atoms with E-state index >= 15 is 0 Å². The first kappa shape index (κ1) is 23.2. The van der Waals surface area contributed by atoms with Crippen molar-refractivity contribution in [2.75, 3.05) is 13.7 Å². The normalized spacial score (nSPS) is 10.7. The molecule has 27 heavy (non-hydrogen) atoms. The molecule has 1 aromatic carbocycles. The molecule has 0 aromatic heterocycles. The van der Waals surface area contributed by atoms with Crippen LogP contribution in [0.2, 0.25) is 5.02 Å². The Bertz CT molecular complexity index is 625. The van der Waals surface area contributed by atoms with Crippen LogP contribution in [0.4, 0.5) is 0 Å². The number of benzene rings is 1. The molecule has 0 heterocycles. The van der Waals surface area contributed by atoms with Gasteiger partial charge in [-0.3, -0.25) is 9.59 Å². The van der Waals surface area contributed by atoms with E-state index in [1.54, 1.807) is 26.0 Å². The van der Waals surface area contributed by atoms with Gasteiger partial charge in [-0.25, -0.2) is 4.79 Å². The number of unbranched alkanes of at least 4 members (excludes halogenated alkanes) is 3. The molecule has 5 nitrogen and oxygen atoms in total. The molecule has 150 valence electrons. The number of rotatable bonds is 13. The lowest BCUT2D eigenvalue weighted by molar-refractivity contribution is -0.132. The SMILES string of the molecule is CCC(=O)C(CCCCCCOc1ccc(C(=O)OC)cc1Cl)C(=O)CC. The summed E-state index contributed by atoms with van der Waals surface area (Å²) in [4.78, 5) is 35.2. The third-order valence-electron chi connectivity index (χ3n) is 4.47. The topological polar surface area (TPSA) is 69.7 Å². The molecule has 0 aliphatic heterocycles. The molecule has 0 unspecified atom stereocenters. The highest BCUT2D eigenvalue weighted by Crippen LogP contribution is 2.26. The first-order chi connectivity index (χ1) is 12.9. The number of halogens is 1. The Morgan fingerprint density at radius 3 is 2.19 bits per heavy atom. The average Bonchev–Trinajstić information content (AvgIpc) is 2.69. The zero-order valence-corrected chi connectivity index (χ0v) is 17.1. The quantitative estimate of drug-likeness (QED) is 0.265. The van der Waals surface area contributed by atoms with Crippen LogP contribution in [-0.4, -0.2) is 31.3 Å². The summed E-state index contributed by atoms with van der Waals surface area (Å²) in [6.07, 6.45) is 5.08. The lowest BCUT2D eigenvalue weighted by Crippen LogP contribution is -2.22. The van der Waals surface area contributed by atoms with Crippen LogP contribution in [0, 0.1) is 5.92 Å². The van der Waals surface area contributed by atoms with Crippen LogP contribution < -0.4 is 4.74 Å². The highest BCUT2D eigenvalue weighted by atomic mass is 35.5. The Balaban J connectivity index is 2.30. The molecule has 0 radical (unpaired) electrons. The van der Waals surface area contributed by atoms with Gasteiger partial charge >= 0.3 is 5.97 Å². The number of hydrogen-bond donors (Lipinski definition) is 0. The van der Waals surface area contributed by atoms with E-state index in [0.717, 1.165) is 25.7 Å². The Labute approximate surface area is 166 Å². The highest BCUT2D eigenvalue weighted by Gasteiger charge is 2.22. The largest absolute Gasteiger partial charge is 0.492 e. The summed E-state index contributed by atoms with van der Waals surface area (Å²) in [6.45, 7) is 4.12. The van der Waals surface area contributed by atoms with Gasteiger partial charge in [0.1, 0.15) is 17.3 Å². The summed E-state index contributed by atoms with van der Waals surface area (Å²) in [7, 11) is 1.32. The molecule has 0 bridgehead atoms. The lowest BCUT2D eigenvalue weighted by Gasteiger charge is -2.13. The van der Waals surface area contributed by atoms with Crippen LogP contribution in [0.5, 0.6) is 5.75 Å². The molecule has 1 rings (SSSR count). The molecule has 1 aromatic rings. The van der Waals surface area contributed by atoms with E-state index in [4.69, 9.17) is 16.3 Å². The second-order valence-corrected chi connectivity index (χ2v) is 6.79. The molecular formula is C21H29ClO5. The van der Waals surface area contributed by atoms with Crippen molar-refractivity contribution in [2.24, 2.45) is 5.92 Å². The Morgan fingerprint density at radius 2 is 1.63 bits per heavy atom. The third-order valence-corrected chi connectivity index (χ3v) is 4.77. The van der Waals surface area contributed by atoms with Gasteiger partial charge in [0.2, 0.25) is 0 Å². The van der Waals surface area contributed by atoms with Crippen molar-refractivity contribution in [3.05, 3.63) is 28.8 Å². The van der Waals surface area contributed by atoms with Gasteiger partial charge < -0.3 is 9.47 Å². The van der Waals surface area contributed by atoms with Crippen molar-refractivity contribution in [3.8, 4) is 5.75 Å². The first-order valence-electron chi connectivity index (χ1n) is 9.50. The maximum atomic E-state index is 11.9. The molecule has 0 spiro atoms. The van der Waals surface area contributed by atoms with Gasteiger partial charge in [0.15, 0.2) is 0 Å². The zero-order chi connectivity index (χ0) is 20.2. The van der Waals surface area contributed by atoms with Gasteiger partial charge in [-0.2, -0.15) is 0 Å².